The molecule has 0 spiro atoms. The van der Waals surface area contributed by atoms with Crippen molar-refractivity contribution in [2.45, 2.75) is 45.1 Å². The van der Waals surface area contributed by atoms with Crippen LogP contribution in [0, 0.1) is 11.7 Å². The summed E-state index contributed by atoms with van der Waals surface area (Å²) in [5.41, 5.74) is 1.25. The molecule has 1 atom stereocenters. The third kappa shape index (κ3) is 4.12. The lowest BCUT2D eigenvalue weighted by Crippen LogP contribution is -2.32. The molecule has 17 heavy (non-hydrogen) atoms. The molecule has 1 saturated carbocycles. The summed E-state index contributed by atoms with van der Waals surface area (Å²) in [6, 6.07) is 7.58. The smallest absolute Gasteiger partial charge is 0.123 e. The van der Waals surface area contributed by atoms with Gasteiger partial charge in [0.15, 0.2) is 0 Å². The molecule has 0 heterocycles. The first-order valence-corrected chi connectivity index (χ1v) is 6.77. The Labute approximate surface area is 103 Å². The average molecular weight is 235 g/mol. The summed E-state index contributed by atoms with van der Waals surface area (Å²) < 4.78 is 12.8. The fraction of sp³-hybridized carbons (Fsp3) is 0.600. The minimum atomic E-state index is -0.142. The maximum atomic E-state index is 12.8. The number of hydrogen-bond donors (Lipinski definition) is 1. The van der Waals surface area contributed by atoms with Crippen molar-refractivity contribution in [1.82, 2.24) is 5.32 Å². The molecule has 1 fully saturated rings. The second-order valence-corrected chi connectivity index (χ2v) is 5.06. The highest BCUT2D eigenvalue weighted by molar-refractivity contribution is 5.16. The molecule has 0 amide bonds. The first-order chi connectivity index (χ1) is 8.29. The van der Waals surface area contributed by atoms with Gasteiger partial charge in [0, 0.05) is 6.04 Å². The molecule has 0 aliphatic heterocycles. The third-order valence-electron chi connectivity index (χ3n) is 3.50. The molecule has 0 bridgehead atoms. The summed E-state index contributed by atoms with van der Waals surface area (Å²) in [5, 5.41) is 3.64. The molecule has 1 nitrogen and oxygen atoms in total. The summed E-state index contributed by atoms with van der Waals surface area (Å²) >= 11 is 0. The van der Waals surface area contributed by atoms with Crippen molar-refractivity contribution in [3.63, 3.8) is 0 Å². The molecule has 1 aliphatic rings. The van der Waals surface area contributed by atoms with Crippen LogP contribution in [0.5, 0.6) is 0 Å². The second kappa shape index (κ2) is 6.15. The molecule has 0 aromatic heterocycles. The van der Waals surface area contributed by atoms with E-state index < -0.39 is 0 Å². The van der Waals surface area contributed by atoms with Gasteiger partial charge in [-0.2, -0.15) is 0 Å². The van der Waals surface area contributed by atoms with Crippen molar-refractivity contribution >= 4 is 0 Å². The number of benzene rings is 1. The highest BCUT2D eigenvalue weighted by Crippen LogP contribution is 2.34. The summed E-state index contributed by atoms with van der Waals surface area (Å²) in [7, 11) is 0. The van der Waals surface area contributed by atoms with E-state index in [-0.39, 0.29) is 5.82 Å². The Bertz CT molecular complexity index is 329. The quantitative estimate of drug-likeness (QED) is 0.762. The lowest BCUT2D eigenvalue weighted by atomic mass is 10.0. The van der Waals surface area contributed by atoms with Gasteiger partial charge in [0.25, 0.3) is 0 Å². The lowest BCUT2D eigenvalue weighted by Gasteiger charge is -2.17. The van der Waals surface area contributed by atoms with Gasteiger partial charge in [-0.25, -0.2) is 4.39 Å². The fourth-order valence-corrected chi connectivity index (χ4v) is 2.31. The topological polar surface area (TPSA) is 12.0 Å². The molecule has 0 radical (unpaired) electrons. The van der Waals surface area contributed by atoms with E-state index in [0.29, 0.717) is 6.04 Å². The van der Waals surface area contributed by atoms with E-state index >= 15 is 0 Å². The van der Waals surface area contributed by atoms with Crippen molar-refractivity contribution < 1.29 is 4.39 Å². The van der Waals surface area contributed by atoms with E-state index in [0.717, 1.165) is 18.9 Å². The minimum absolute atomic E-state index is 0.142. The normalized spacial score (nSPS) is 17.1. The maximum Gasteiger partial charge on any atom is 0.123 e. The van der Waals surface area contributed by atoms with Crippen LogP contribution in [0.4, 0.5) is 4.39 Å². The predicted molar refractivity (Wildman–Crippen MR) is 69.5 cm³/mol. The largest absolute Gasteiger partial charge is 0.314 e. The number of rotatable bonds is 7. The predicted octanol–water partition coefficient (Wildman–Crippen LogP) is 3.54. The Morgan fingerprint density at radius 3 is 2.59 bits per heavy atom. The van der Waals surface area contributed by atoms with Crippen LogP contribution in [0.3, 0.4) is 0 Å². The maximum absolute atomic E-state index is 12.8. The van der Waals surface area contributed by atoms with E-state index in [9.17, 15) is 4.39 Å². The standard InChI is InChI=1S/C15H22FN/c1-2-11-17-15(13-6-7-13)10-5-12-3-8-14(16)9-4-12/h3-4,8-9,13,15,17H,2,5-7,10-11H2,1H3. The second-order valence-electron chi connectivity index (χ2n) is 5.06. The summed E-state index contributed by atoms with van der Waals surface area (Å²) in [6.45, 7) is 3.32. The van der Waals surface area contributed by atoms with Crippen LogP contribution in [0.2, 0.25) is 0 Å². The number of halogens is 1. The minimum Gasteiger partial charge on any atom is -0.314 e. The van der Waals surface area contributed by atoms with Gasteiger partial charge in [-0.15, -0.1) is 0 Å². The van der Waals surface area contributed by atoms with Crippen LogP contribution >= 0.6 is 0 Å². The van der Waals surface area contributed by atoms with Gasteiger partial charge in [-0.3, -0.25) is 0 Å². The fourth-order valence-electron chi connectivity index (χ4n) is 2.31. The molecule has 2 rings (SSSR count). The van der Waals surface area contributed by atoms with Crippen molar-refractivity contribution in [2.24, 2.45) is 5.92 Å². The molecule has 94 valence electrons. The number of aryl methyl sites for hydroxylation is 1. The van der Waals surface area contributed by atoms with Crippen LogP contribution in [-0.2, 0) is 6.42 Å². The van der Waals surface area contributed by atoms with Crippen LogP contribution in [0.1, 0.15) is 38.2 Å². The third-order valence-corrected chi connectivity index (χ3v) is 3.50. The lowest BCUT2D eigenvalue weighted by molar-refractivity contribution is 0.435. The summed E-state index contributed by atoms with van der Waals surface area (Å²) in [6.07, 6.45) is 6.18. The number of nitrogens with one attached hydrogen (secondary N) is 1. The van der Waals surface area contributed by atoms with Crippen LogP contribution in [0.15, 0.2) is 24.3 Å². The van der Waals surface area contributed by atoms with Crippen molar-refractivity contribution in [3.05, 3.63) is 35.6 Å². The molecule has 1 aromatic rings. The highest BCUT2D eigenvalue weighted by Gasteiger charge is 2.30. The van der Waals surface area contributed by atoms with Gasteiger partial charge in [0.1, 0.15) is 5.82 Å². The SMILES string of the molecule is CCCNC(CCc1ccc(F)cc1)C1CC1. The highest BCUT2D eigenvalue weighted by atomic mass is 19.1. The van der Waals surface area contributed by atoms with Gasteiger partial charge >= 0.3 is 0 Å². The average Bonchev–Trinajstić information content (AvgIpc) is 3.16. The number of hydrogen-bond acceptors (Lipinski definition) is 1. The molecular weight excluding hydrogens is 213 g/mol. The Balaban J connectivity index is 1.80. The van der Waals surface area contributed by atoms with Gasteiger partial charge in [-0.1, -0.05) is 19.1 Å². The molecule has 1 aromatic carbocycles. The summed E-state index contributed by atoms with van der Waals surface area (Å²) in [4.78, 5) is 0. The van der Waals surface area contributed by atoms with Gasteiger partial charge < -0.3 is 5.32 Å². The zero-order chi connectivity index (χ0) is 12.1. The molecule has 1 unspecified atom stereocenters. The van der Waals surface area contributed by atoms with E-state index in [1.807, 2.05) is 12.1 Å². The van der Waals surface area contributed by atoms with E-state index in [1.165, 1.54) is 31.2 Å². The molecule has 1 aliphatic carbocycles. The monoisotopic (exact) mass is 235 g/mol. The Kier molecular flexibility index (Phi) is 4.55. The van der Waals surface area contributed by atoms with Crippen molar-refractivity contribution in [2.75, 3.05) is 6.54 Å². The first-order valence-electron chi connectivity index (χ1n) is 6.77. The van der Waals surface area contributed by atoms with Gasteiger partial charge in [0.05, 0.1) is 0 Å². The zero-order valence-electron chi connectivity index (χ0n) is 10.6. The molecule has 1 N–H and O–H groups in total. The van der Waals surface area contributed by atoms with Crippen LogP contribution in [-0.4, -0.2) is 12.6 Å². The van der Waals surface area contributed by atoms with Gasteiger partial charge in [-0.05, 0) is 62.3 Å². The van der Waals surface area contributed by atoms with E-state index in [4.69, 9.17) is 0 Å². The van der Waals surface area contributed by atoms with E-state index in [1.54, 1.807) is 12.1 Å². The Hall–Kier alpha value is -0.890. The molecular formula is C15H22FN. The molecule has 2 heteroatoms. The summed E-state index contributed by atoms with van der Waals surface area (Å²) in [5.74, 6) is 0.749. The zero-order valence-corrected chi connectivity index (χ0v) is 10.6. The van der Waals surface area contributed by atoms with Gasteiger partial charge in [0.2, 0.25) is 0 Å². The van der Waals surface area contributed by atoms with Crippen LogP contribution in [0.25, 0.3) is 0 Å². The first kappa shape index (κ1) is 12.6. The van der Waals surface area contributed by atoms with Crippen LogP contribution < -0.4 is 5.32 Å². The van der Waals surface area contributed by atoms with Crippen molar-refractivity contribution in [1.29, 1.82) is 0 Å². The Morgan fingerprint density at radius 2 is 2.00 bits per heavy atom. The van der Waals surface area contributed by atoms with E-state index in [2.05, 4.69) is 12.2 Å². The molecule has 0 saturated heterocycles. The Morgan fingerprint density at radius 1 is 1.29 bits per heavy atom. The van der Waals surface area contributed by atoms with Crippen molar-refractivity contribution in [3.8, 4) is 0 Å².